The van der Waals surface area contributed by atoms with Crippen molar-refractivity contribution in [2.75, 3.05) is 0 Å². The minimum atomic E-state index is 0.435. The molecule has 3 heteroatoms. The van der Waals surface area contributed by atoms with E-state index in [-0.39, 0.29) is 0 Å². The summed E-state index contributed by atoms with van der Waals surface area (Å²) < 4.78 is 5.33. The summed E-state index contributed by atoms with van der Waals surface area (Å²) in [5.41, 5.74) is 1.19. The molecule has 1 heterocycles. The Bertz CT molecular complexity index is 318. The molecule has 0 saturated carbocycles. The molecular formula is C11H12Cl2O. The van der Waals surface area contributed by atoms with E-state index in [1.54, 1.807) is 6.07 Å². The Hall–Kier alpha value is -0.240. The summed E-state index contributed by atoms with van der Waals surface area (Å²) >= 11 is 11.8. The van der Waals surface area contributed by atoms with E-state index in [1.807, 2.05) is 12.1 Å². The molecule has 0 spiro atoms. The fourth-order valence-electron chi connectivity index (χ4n) is 1.60. The van der Waals surface area contributed by atoms with Gasteiger partial charge in [-0.1, -0.05) is 23.2 Å². The molecule has 2 unspecified atom stereocenters. The molecule has 1 aromatic rings. The van der Waals surface area contributed by atoms with Crippen molar-refractivity contribution in [3.63, 3.8) is 0 Å². The van der Waals surface area contributed by atoms with E-state index in [0.29, 0.717) is 22.3 Å². The number of aryl methyl sites for hydroxylation is 1. The van der Waals surface area contributed by atoms with Crippen LogP contribution < -0.4 is 0 Å². The number of rotatable bonds is 3. The van der Waals surface area contributed by atoms with Crippen molar-refractivity contribution < 1.29 is 4.74 Å². The summed E-state index contributed by atoms with van der Waals surface area (Å²) in [4.78, 5) is 0. The molecule has 0 amide bonds. The molecule has 2 rings (SSSR count). The average Bonchev–Trinajstić information content (AvgIpc) is 2.77. The Kier molecular flexibility index (Phi) is 3.01. The molecule has 0 aromatic heterocycles. The van der Waals surface area contributed by atoms with Crippen molar-refractivity contribution >= 4 is 23.2 Å². The first kappa shape index (κ1) is 10.3. The summed E-state index contributed by atoms with van der Waals surface area (Å²) in [6.45, 7) is 2.09. The van der Waals surface area contributed by atoms with Crippen molar-refractivity contribution in [3.8, 4) is 0 Å². The lowest BCUT2D eigenvalue weighted by molar-refractivity contribution is 0.370. The maximum atomic E-state index is 5.89. The first-order valence-electron chi connectivity index (χ1n) is 4.75. The van der Waals surface area contributed by atoms with E-state index >= 15 is 0 Å². The van der Waals surface area contributed by atoms with Gasteiger partial charge in [0.1, 0.15) is 0 Å². The number of benzene rings is 1. The Morgan fingerprint density at radius 2 is 1.79 bits per heavy atom. The SMILES string of the molecule is CC1OC1CCc1cc(Cl)cc(Cl)c1. The molecular weight excluding hydrogens is 219 g/mol. The van der Waals surface area contributed by atoms with Crippen LogP contribution >= 0.6 is 23.2 Å². The predicted molar refractivity (Wildman–Crippen MR) is 59.1 cm³/mol. The van der Waals surface area contributed by atoms with Crippen molar-refractivity contribution in [3.05, 3.63) is 33.8 Å². The summed E-state index contributed by atoms with van der Waals surface area (Å²) in [6.07, 6.45) is 2.91. The van der Waals surface area contributed by atoms with E-state index < -0.39 is 0 Å². The monoisotopic (exact) mass is 230 g/mol. The van der Waals surface area contributed by atoms with Crippen molar-refractivity contribution in [2.24, 2.45) is 0 Å². The van der Waals surface area contributed by atoms with Crippen molar-refractivity contribution in [2.45, 2.75) is 32.0 Å². The number of epoxide rings is 1. The van der Waals surface area contributed by atoms with Crippen molar-refractivity contribution in [1.82, 2.24) is 0 Å². The minimum Gasteiger partial charge on any atom is -0.370 e. The Labute approximate surface area is 94.0 Å². The van der Waals surface area contributed by atoms with Gasteiger partial charge in [-0.3, -0.25) is 0 Å². The van der Waals surface area contributed by atoms with Crippen LogP contribution in [0.4, 0.5) is 0 Å². The predicted octanol–water partition coefficient (Wildman–Crippen LogP) is 3.71. The van der Waals surface area contributed by atoms with Crippen LogP contribution in [0.5, 0.6) is 0 Å². The molecule has 0 N–H and O–H groups in total. The number of ether oxygens (including phenoxy) is 1. The van der Waals surface area contributed by atoms with Crippen LogP contribution in [0.15, 0.2) is 18.2 Å². The second kappa shape index (κ2) is 4.09. The van der Waals surface area contributed by atoms with Gasteiger partial charge in [-0.2, -0.15) is 0 Å². The molecule has 2 atom stereocenters. The zero-order chi connectivity index (χ0) is 10.1. The van der Waals surface area contributed by atoms with Gasteiger partial charge >= 0.3 is 0 Å². The maximum Gasteiger partial charge on any atom is 0.0842 e. The lowest BCUT2D eigenvalue weighted by Gasteiger charge is -2.01. The molecule has 1 aliphatic rings. The first-order valence-corrected chi connectivity index (χ1v) is 5.51. The Morgan fingerprint density at radius 3 is 2.29 bits per heavy atom. The van der Waals surface area contributed by atoms with Crippen LogP contribution in [0.25, 0.3) is 0 Å². The standard InChI is InChI=1S/C11H12Cl2O/c1-7-11(14-7)3-2-8-4-9(12)6-10(13)5-8/h4-7,11H,2-3H2,1H3. The topological polar surface area (TPSA) is 12.5 Å². The highest BCUT2D eigenvalue weighted by Crippen LogP contribution is 2.27. The smallest absolute Gasteiger partial charge is 0.0842 e. The van der Waals surface area contributed by atoms with Gasteiger partial charge in [-0.15, -0.1) is 0 Å². The van der Waals surface area contributed by atoms with Gasteiger partial charge in [-0.25, -0.2) is 0 Å². The van der Waals surface area contributed by atoms with Gasteiger partial charge in [-0.05, 0) is 43.5 Å². The maximum absolute atomic E-state index is 5.89. The van der Waals surface area contributed by atoms with Gasteiger partial charge in [0.15, 0.2) is 0 Å². The number of hydrogen-bond donors (Lipinski definition) is 0. The fourth-order valence-corrected chi connectivity index (χ4v) is 2.17. The third-order valence-corrected chi connectivity index (χ3v) is 2.91. The lowest BCUT2D eigenvalue weighted by Crippen LogP contribution is -1.93. The van der Waals surface area contributed by atoms with Gasteiger partial charge in [0, 0.05) is 10.0 Å². The lowest BCUT2D eigenvalue weighted by atomic mass is 10.1. The third-order valence-electron chi connectivity index (χ3n) is 2.48. The van der Waals surface area contributed by atoms with Crippen LogP contribution in [0, 0.1) is 0 Å². The molecule has 0 bridgehead atoms. The van der Waals surface area contributed by atoms with E-state index in [4.69, 9.17) is 27.9 Å². The molecule has 1 saturated heterocycles. The number of hydrogen-bond acceptors (Lipinski definition) is 1. The fraction of sp³-hybridized carbons (Fsp3) is 0.455. The van der Waals surface area contributed by atoms with E-state index in [0.717, 1.165) is 12.8 Å². The highest BCUT2D eigenvalue weighted by molar-refractivity contribution is 6.34. The summed E-state index contributed by atoms with van der Waals surface area (Å²) in [5, 5.41) is 1.41. The highest BCUT2D eigenvalue weighted by Gasteiger charge is 2.33. The van der Waals surface area contributed by atoms with Crippen LogP contribution in [0.1, 0.15) is 18.9 Å². The van der Waals surface area contributed by atoms with Crippen LogP contribution in [0.3, 0.4) is 0 Å². The Balaban J connectivity index is 1.95. The van der Waals surface area contributed by atoms with Crippen LogP contribution in [-0.4, -0.2) is 12.2 Å². The van der Waals surface area contributed by atoms with E-state index in [2.05, 4.69) is 6.92 Å². The second-order valence-corrected chi connectivity index (χ2v) is 4.57. The third kappa shape index (κ3) is 2.63. The second-order valence-electron chi connectivity index (χ2n) is 3.70. The van der Waals surface area contributed by atoms with Gasteiger partial charge in [0.2, 0.25) is 0 Å². The molecule has 0 aliphatic carbocycles. The molecule has 0 radical (unpaired) electrons. The molecule has 1 aliphatic heterocycles. The summed E-state index contributed by atoms with van der Waals surface area (Å²) in [5.74, 6) is 0. The van der Waals surface area contributed by atoms with Crippen molar-refractivity contribution in [1.29, 1.82) is 0 Å². The quantitative estimate of drug-likeness (QED) is 0.722. The number of halogens is 2. The van der Waals surface area contributed by atoms with Gasteiger partial charge in [0.05, 0.1) is 12.2 Å². The van der Waals surface area contributed by atoms with E-state index in [9.17, 15) is 0 Å². The largest absolute Gasteiger partial charge is 0.370 e. The minimum absolute atomic E-state index is 0.435. The first-order chi connectivity index (χ1) is 6.65. The molecule has 14 heavy (non-hydrogen) atoms. The van der Waals surface area contributed by atoms with Gasteiger partial charge < -0.3 is 4.74 Å². The Morgan fingerprint density at radius 1 is 1.21 bits per heavy atom. The van der Waals surface area contributed by atoms with E-state index in [1.165, 1.54) is 5.56 Å². The molecule has 76 valence electrons. The van der Waals surface area contributed by atoms with Crippen LogP contribution in [0.2, 0.25) is 10.0 Å². The normalized spacial score (nSPS) is 25.1. The average molecular weight is 231 g/mol. The molecule has 1 fully saturated rings. The van der Waals surface area contributed by atoms with Crippen LogP contribution in [-0.2, 0) is 11.2 Å². The summed E-state index contributed by atoms with van der Waals surface area (Å²) in [7, 11) is 0. The highest BCUT2D eigenvalue weighted by atomic mass is 35.5. The molecule has 1 nitrogen and oxygen atoms in total. The summed E-state index contributed by atoms with van der Waals surface area (Å²) in [6, 6.07) is 5.67. The zero-order valence-electron chi connectivity index (χ0n) is 7.97. The molecule has 1 aromatic carbocycles. The zero-order valence-corrected chi connectivity index (χ0v) is 9.48. The van der Waals surface area contributed by atoms with Gasteiger partial charge in [0.25, 0.3) is 0 Å².